The van der Waals surface area contributed by atoms with Crippen LogP contribution in [-0.2, 0) is 30.9 Å². The van der Waals surface area contributed by atoms with Gasteiger partial charge in [0.25, 0.3) is 0 Å². The van der Waals surface area contributed by atoms with Crippen LogP contribution in [0.25, 0.3) is 0 Å². The zero-order valence-corrected chi connectivity index (χ0v) is 19.7. The summed E-state index contributed by atoms with van der Waals surface area (Å²) >= 11 is 0. The van der Waals surface area contributed by atoms with Gasteiger partial charge in [-0.15, -0.1) is 3.71 Å². The Balaban J connectivity index is -0.000000427. The van der Waals surface area contributed by atoms with Crippen molar-refractivity contribution < 1.29 is 128 Å². The van der Waals surface area contributed by atoms with Crippen LogP contribution in [0.5, 0.6) is 0 Å². The van der Waals surface area contributed by atoms with E-state index in [4.69, 9.17) is 0 Å². The third kappa shape index (κ3) is 12.1. The molecule has 0 aromatic rings. The first kappa shape index (κ1) is 30.5. The number of hydrogen-bond acceptors (Lipinski definition) is 9. The molecule has 0 rings (SSSR count). The molecule has 11 nitrogen and oxygen atoms in total. The van der Waals surface area contributed by atoms with Gasteiger partial charge < -0.3 is 13.7 Å². The van der Waals surface area contributed by atoms with Crippen molar-refractivity contribution in [3.05, 3.63) is 0 Å². The van der Waals surface area contributed by atoms with E-state index in [9.17, 15) is 38.9 Å². The molecule has 0 aliphatic rings. The van der Waals surface area contributed by atoms with Gasteiger partial charge in [-0.1, -0.05) is 0 Å². The van der Waals surface area contributed by atoms with Crippen molar-refractivity contribution in [2.45, 2.75) is 0 Å². The first-order chi connectivity index (χ1) is 7.26. The first-order valence-electron chi connectivity index (χ1n) is 3.63. The molecule has 0 heterocycles. The molecule has 0 aromatic heterocycles. The van der Waals surface area contributed by atoms with Crippen molar-refractivity contribution in [2.24, 2.45) is 0 Å². The van der Waals surface area contributed by atoms with Crippen molar-refractivity contribution in [1.82, 2.24) is 8.02 Å². The van der Waals surface area contributed by atoms with E-state index in [1.54, 1.807) is 0 Å². The standard InChI is InChI=1S/C3H10N2O9S3.3Na/c1-4(15(6,7)8)2-3-5(16(9,10)11)17(12,13)14;;;/h2-3H2,1H3,(H,6,7,8)(H,9,10,11)(H,12,13,14);;;/q;3*+1/p-3. The van der Waals surface area contributed by atoms with E-state index in [1.165, 1.54) is 0 Å². The predicted molar refractivity (Wildman–Crippen MR) is 48.4 cm³/mol. The van der Waals surface area contributed by atoms with Crippen LogP contribution in [0.15, 0.2) is 0 Å². The van der Waals surface area contributed by atoms with E-state index in [0.717, 1.165) is 7.05 Å². The fourth-order valence-electron chi connectivity index (χ4n) is 0.670. The van der Waals surface area contributed by atoms with Gasteiger partial charge in [0.2, 0.25) is 0 Å². The molecular weight excluding hydrogens is 373 g/mol. The Morgan fingerprint density at radius 1 is 0.700 bits per heavy atom. The van der Waals surface area contributed by atoms with Gasteiger partial charge >= 0.3 is 88.7 Å². The van der Waals surface area contributed by atoms with Gasteiger partial charge in [0.15, 0.2) is 30.9 Å². The van der Waals surface area contributed by atoms with Gasteiger partial charge in [-0.2, -0.15) is 0 Å². The van der Waals surface area contributed by atoms with Crippen LogP contribution in [0.4, 0.5) is 0 Å². The van der Waals surface area contributed by atoms with Crippen molar-refractivity contribution in [3.8, 4) is 0 Å². The smallest absolute Gasteiger partial charge is 0.735 e. The minimum atomic E-state index is -5.60. The molecule has 17 heteroatoms. The van der Waals surface area contributed by atoms with Crippen LogP contribution >= 0.6 is 0 Å². The van der Waals surface area contributed by atoms with E-state index in [1.807, 2.05) is 0 Å². The maximum absolute atomic E-state index is 10.4. The second-order valence-corrected chi connectivity index (χ2v) is 6.99. The average Bonchev–Trinajstić information content (AvgIpc) is 1.96. The first-order valence-corrected chi connectivity index (χ1v) is 7.72. The Morgan fingerprint density at radius 3 is 1.20 bits per heavy atom. The predicted octanol–water partition coefficient (Wildman–Crippen LogP) is -12.4. The van der Waals surface area contributed by atoms with Gasteiger partial charge in [0, 0.05) is 20.1 Å². The SMILES string of the molecule is CN(CCN(S(=O)(=O)[O-])S(=O)(=O)[O-])S(=O)(=O)[O-].[Na+].[Na+].[Na+]. The summed E-state index contributed by atoms with van der Waals surface area (Å²) in [6.07, 6.45) is 0. The summed E-state index contributed by atoms with van der Waals surface area (Å²) < 4.78 is 92.4. The van der Waals surface area contributed by atoms with E-state index >= 15 is 0 Å². The molecule has 0 aliphatic carbocycles. The molecular formula is C3H7N2Na3O9S3. The molecule has 20 heavy (non-hydrogen) atoms. The number of rotatable bonds is 6. The molecule has 0 atom stereocenters. The third-order valence-electron chi connectivity index (χ3n) is 1.48. The van der Waals surface area contributed by atoms with Crippen LogP contribution in [0, 0.1) is 0 Å². The molecule has 0 aliphatic heterocycles. The van der Waals surface area contributed by atoms with Gasteiger partial charge in [0.1, 0.15) is 0 Å². The van der Waals surface area contributed by atoms with Crippen LogP contribution in [-0.4, -0.2) is 67.1 Å². The Hall–Kier alpha value is 2.65. The Morgan fingerprint density at radius 2 is 1.00 bits per heavy atom. The molecule has 0 bridgehead atoms. The molecule has 0 saturated heterocycles. The zero-order valence-electron chi connectivity index (χ0n) is 11.2. The van der Waals surface area contributed by atoms with Crippen LogP contribution in [0.2, 0.25) is 0 Å². The summed E-state index contributed by atoms with van der Waals surface area (Å²) in [5, 5.41) is 0. The second-order valence-electron chi connectivity index (χ2n) is 2.69. The zero-order chi connectivity index (χ0) is 14.1. The fraction of sp³-hybridized carbons (Fsp3) is 1.00. The largest absolute Gasteiger partial charge is 1.00 e. The van der Waals surface area contributed by atoms with Gasteiger partial charge in [-0.05, 0) is 0 Å². The normalized spacial score (nSPS) is 12.3. The Bertz CT molecular complexity index is 539. The second kappa shape index (κ2) is 11.2. The summed E-state index contributed by atoms with van der Waals surface area (Å²) in [4.78, 5) is 0. The van der Waals surface area contributed by atoms with E-state index in [-0.39, 0.29) is 93.0 Å². The minimum Gasteiger partial charge on any atom is -0.735 e. The van der Waals surface area contributed by atoms with E-state index in [2.05, 4.69) is 0 Å². The summed E-state index contributed by atoms with van der Waals surface area (Å²) in [5.74, 6) is 0. The number of hydrogen-bond donors (Lipinski definition) is 0. The van der Waals surface area contributed by atoms with Crippen LogP contribution in [0.3, 0.4) is 0 Å². The van der Waals surface area contributed by atoms with Gasteiger partial charge in [-0.25, -0.2) is 29.6 Å². The van der Waals surface area contributed by atoms with Gasteiger partial charge in [-0.3, -0.25) is 0 Å². The van der Waals surface area contributed by atoms with E-state index in [0.29, 0.717) is 0 Å². The summed E-state index contributed by atoms with van der Waals surface area (Å²) in [7, 11) is -15.4. The molecule has 0 N–H and O–H groups in total. The average molecular weight is 380 g/mol. The number of nitrogens with zero attached hydrogens (tertiary/aromatic N) is 2. The Labute approximate surface area is 184 Å². The van der Waals surface area contributed by atoms with Crippen molar-refractivity contribution in [3.63, 3.8) is 0 Å². The van der Waals surface area contributed by atoms with E-state index < -0.39 is 47.7 Å². The summed E-state index contributed by atoms with van der Waals surface area (Å²) in [6, 6.07) is 0. The Kier molecular flexibility index (Phi) is 17.2. The fourth-order valence-corrected chi connectivity index (χ4v) is 2.48. The topological polar surface area (TPSA) is 178 Å². The molecule has 0 fully saturated rings. The molecule has 0 saturated carbocycles. The molecule has 0 spiro atoms. The molecule has 0 radical (unpaired) electrons. The summed E-state index contributed by atoms with van der Waals surface area (Å²) in [5.41, 5.74) is 0. The minimum absolute atomic E-state index is 0. The molecule has 0 amide bonds. The molecule has 104 valence electrons. The monoisotopic (exact) mass is 380 g/mol. The molecule has 0 aromatic carbocycles. The maximum Gasteiger partial charge on any atom is 1.00 e. The van der Waals surface area contributed by atoms with Crippen LogP contribution in [0.1, 0.15) is 0 Å². The quantitative estimate of drug-likeness (QED) is 0.319. The van der Waals surface area contributed by atoms with Crippen LogP contribution < -0.4 is 88.7 Å². The third-order valence-corrected chi connectivity index (χ3v) is 4.88. The van der Waals surface area contributed by atoms with Crippen molar-refractivity contribution in [2.75, 3.05) is 20.1 Å². The van der Waals surface area contributed by atoms with Crippen molar-refractivity contribution >= 4 is 30.9 Å². The van der Waals surface area contributed by atoms with Crippen molar-refractivity contribution in [1.29, 1.82) is 0 Å². The van der Waals surface area contributed by atoms with Gasteiger partial charge in [0.05, 0.1) is 0 Å². The maximum atomic E-state index is 10.4. The summed E-state index contributed by atoms with van der Waals surface area (Å²) in [6.45, 7) is -2.22. The number of likely N-dealkylation sites (N-methyl/N-ethyl adjacent to an activating group) is 1. The molecule has 0 unspecified atom stereocenters.